The third kappa shape index (κ3) is 7.33. The highest BCUT2D eigenvalue weighted by molar-refractivity contribution is 7.99. The molecule has 9 heteroatoms. The van der Waals surface area contributed by atoms with E-state index in [1.807, 2.05) is 13.8 Å². The number of carbonyl (C=O) groups is 2. The molecule has 0 radical (unpaired) electrons. The van der Waals surface area contributed by atoms with E-state index in [0.717, 1.165) is 12.0 Å². The van der Waals surface area contributed by atoms with Gasteiger partial charge in [-0.3, -0.25) is 19.7 Å². The molecule has 2 amide bonds. The Bertz CT molecular complexity index is 939. The number of hydrogen-bond donors (Lipinski definition) is 1. The van der Waals surface area contributed by atoms with E-state index in [-0.39, 0.29) is 35.8 Å². The van der Waals surface area contributed by atoms with Gasteiger partial charge >= 0.3 is 0 Å². The normalized spacial score (nSPS) is 12.6. The van der Waals surface area contributed by atoms with Crippen molar-refractivity contribution in [2.75, 3.05) is 5.75 Å². The van der Waals surface area contributed by atoms with Gasteiger partial charge in [-0.2, -0.15) is 0 Å². The standard InChI is InChI=1S/C23H28FN3O4S/c1-4-16(2)25-23(29)17(3)26(13-19-7-5-6-8-21(19)24)22(28)15-32-14-18-9-11-20(12-10-18)27(30)31/h5-12,16-17H,4,13-15H2,1-3H3,(H,25,29). The van der Waals surface area contributed by atoms with Gasteiger partial charge in [-0.1, -0.05) is 37.3 Å². The summed E-state index contributed by atoms with van der Waals surface area (Å²) in [5.74, 6) is -0.438. The maximum absolute atomic E-state index is 14.2. The Balaban J connectivity index is 2.07. The summed E-state index contributed by atoms with van der Waals surface area (Å²) >= 11 is 1.33. The van der Waals surface area contributed by atoms with Crippen LogP contribution in [0.4, 0.5) is 10.1 Å². The zero-order valence-corrected chi connectivity index (χ0v) is 19.2. The predicted octanol–water partition coefficient (Wildman–Crippen LogP) is 4.30. The van der Waals surface area contributed by atoms with E-state index in [1.54, 1.807) is 37.3 Å². The molecular weight excluding hydrogens is 433 g/mol. The van der Waals surface area contributed by atoms with Crippen LogP contribution in [0.5, 0.6) is 0 Å². The number of halogens is 1. The van der Waals surface area contributed by atoms with Gasteiger partial charge in [0.1, 0.15) is 11.9 Å². The number of nitrogens with one attached hydrogen (secondary N) is 1. The van der Waals surface area contributed by atoms with Gasteiger partial charge in [0.2, 0.25) is 11.8 Å². The van der Waals surface area contributed by atoms with Crippen LogP contribution in [0.2, 0.25) is 0 Å². The first-order valence-corrected chi connectivity index (χ1v) is 11.5. The molecule has 2 rings (SSSR count). The third-order valence-electron chi connectivity index (χ3n) is 5.11. The second-order valence-corrected chi connectivity index (χ2v) is 8.51. The largest absolute Gasteiger partial charge is 0.352 e. The first kappa shape index (κ1) is 25.3. The monoisotopic (exact) mass is 461 g/mol. The Morgan fingerprint density at radius 1 is 1.16 bits per heavy atom. The Hall–Kier alpha value is -2.94. The van der Waals surface area contributed by atoms with Crippen LogP contribution in [0.25, 0.3) is 0 Å². The molecule has 0 aliphatic carbocycles. The molecule has 7 nitrogen and oxygen atoms in total. The molecule has 0 aliphatic heterocycles. The van der Waals surface area contributed by atoms with E-state index >= 15 is 0 Å². The summed E-state index contributed by atoms with van der Waals surface area (Å²) in [5, 5.41) is 13.6. The molecule has 2 aromatic carbocycles. The molecule has 0 spiro atoms. The summed E-state index contributed by atoms with van der Waals surface area (Å²) in [6.45, 7) is 5.45. The van der Waals surface area contributed by atoms with Crippen LogP contribution in [0.1, 0.15) is 38.3 Å². The molecule has 2 atom stereocenters. The lowest BCUT2D eigenvalue weighted by Crippen LogP contribution is -2.50. The number of nitrogens with zero attached hydrogens (tertiary/aromatic N) is 2. The summed E-state index contributed by atoms with van der Waals surface area (Å²) in [6, 6.07) is 11.5. The highest BCUT2D eigenvalue weighted by Gasteiger charge is 2.27. The molecule has 0 aromatic heterocycles. The Morgan fingerprint density at radius 2 is 1.81 bits per heavy atom. The number of nitro groups is 1. The number of carbonyl (C=O) groups excluding carboxylic acids is 2. The Labute approximate surface area is 191 Å². The molecule has 32 heavy (non-hydrogen) atoms. The number of benzene rings is 2. The first-order valence-electron chi connectivity index (χ1n) is 10.4. The summed E-state index contributed by atoms with van der Waals surface area (Å²) in [4.78, 5) is 37.3. The van der Waals surface area contributed by atoms with E-state index < -0.39 is 16.8 Å². The van der Waals surface area contributed by atoms with Crippen molar-refractivity contribution in [1.82, 2.24) is 10.2 Å². The van der Waals surface area contributed by atoms with E-state index in [1.165, 1.54) is 34.9 Å². The van der Waals surface area contributed by atoms with Gasteiger partial charge < -0.3 is 10.2 Å². The number of thioether (sulfide) groups is 1. The number of nitro benzene ring substituents is 1. The van der Waals surface area contributed by atoms with Crippen LogP contribution in [0.15, 0.2) is 48.5 Å². The van der Waals surface area contributed by atoms with Crippen molar-refractivity contribution >= 4 is 29.3 Å². The summed E-state index contributed by atoms with van der Waals surface area (Å²) in [7, 11) is 0. The highest BCUT2D eigenvalue weighted by atomic mass is 32.2. The maximum Gasteiger partial charge on any atom is 0.269 e. The minimum atomic E-state index is -0.768. The van der Waals surface area contributed by atoms with Gasteiger partial charge in [-0.05, 0) is 31.9 Å². The van der Waals surface area contributed by atoms with Crippen molar-refractivity contribution in [3.8, 4) is 0 Å². The van der Waals surface area contributed by atoms with Crippen LogP contribution in [-0.4, -0.2) is 39.5 Å². The van der Waals surface area contributed by atoms with Gasteiger partial charge in [0.15, 0.2) is 0 Å². The van der Waals surface area contributed by atoms with Crippen molar-refractivity contribution in [2.24, 2.45) is 0 Å². The number of hydrogen-bond acceptors (Lipinski definition) is 5. The minimum Gasteiger partial charge on any atom is -0.352 e. The molecule has 0 fully saturated rings. The number of amides is 2. The number of rotatable bonds is 11. The van der Waals surface area contributed by atoms with Crippen LogP contribution >= 0.6 is 11.8 Å². The molecule has 2 unspecified atom stereocenters. The van der Waals surface area contributed by atoms with Crippen molar-refractivity contribution in [3.05, 3.63) is 75.6 Å². The fourth-order valence-corrected chi connectivity index (χ4v) is 3.78. The quantitative estimate of drug-likeness (QED) is 0.398. The molecule has 2 aromatic rings. The second kappa shape index (κ2) is 12.2. The zero-order chi connectivity index (χ0) is 23.7. The van der Waals surface area contributed by atoms with Crippen LogP contribution in [0.3, 0.4) is 0 Å². The lowest BCUT2D eigenvalue weighted by molar-refractivity contribution is -0.384. The third-order valence-corrected chi connectivity index (χ3v) is 6.10. The minimum absolute atomic E-state index is 0.00651. The molecule has 0 bridgehead atoms. The Morgan fingerprint density at radius 3 is 2.41 bits per heavy atom. The average molecular weight is 462 g/mol. The fraction of sp³-hybridized carbons (Fsp3) is 0.391. The predicted molar refractivity (Wildman–Crippen MR) is 124 cm³/mol. The van der Waals surface area contributed by atoms with Gasteiger partial charge in [0.05, 0.1) is 10.7 Å². The number of non-ortho nitro benzene ring substituents is 1. The van der Waals surface area contributed by atoms with E-state index in [2.05, 4.69) is 5.32 Å². The average Bonchev–Trinajstić information content (AvgIpc) is 2.78. The smallest absolute Gasteiger partial charge is 0.269 e. The summed E-state index contributed by atoms with van der Waals surface area (Å²) < 4.78 is 14.2. The zero-order valence-electron chi connectivity index (χ0n) is 18.4. The van der Waals surface area contributed by atoms with Gasteiger partial charge in [-0.15, -0.1) is 11.8 Å². The SMILES string of the molecule is CCC(C)NC(=O)C(C)N(Cc1ccccc1F)C(=O)CSCc1ccc([N+](=O)[O-])cc1. The summed E-state index contributed by atoms with van der Waals surface area (Å²) in [6.07, 6.45) is 0.755. The molecule has 0 saturated heterocycles. The van der Waals surface area contributed by atoms with Gasteiger partial charge in [-0.25, -0.2) is 4.39 Å². The second-order valence-electron chi connectivity index (χ2n) is 7.52. The van der Waals surface area contributed by atoms with E-state index in [9.17, 15) is 24.1 Å². The molecule has 0 saturated carbocycles. The molecular formula is C23H28FN3O4S. The summed E-state index contributed by atoms with van der Waals surface area (Å²) in [5.41, 5.74) is 1.19. The van der Waals surface area contributed by atoms with Gasteiger partial charge in [0.25, 0.3) is 5.69 Å². The van der Waals surface area contributed by atoms with Gasteiger partial charge in [0, 0.05) is 36.0 Å². The molecule has 1 N–H and O–H groups in total. The Kier molecular flexibility index (Phi) is 9.64. The first-order chi connectivity index (χ1) is 15.2. The lowest BCUT2D eigenvalue weighted by atomic mass is 10.1. The van der Waals surface area contributed by atoms with Crippen molar-refractivity contribution in [3.63, 3.8) is 0 Å². The van der Waals surface area contributed by atoms with E-state index in [0.29, 0.717) is 11.3 Å². The van der Waals surface area contributed by atoms with Crippen LogP contribution < -0.4 is 5.32 Å². The molecule has 0 aliphatic rings. The maximum atomic E-state index is 14.2. The lowest BCUT2D eigenvalue weighted by Gasteiger charge is -2.29. The molecule has 172 valence electrons. The fourth-order valence-electron chi connectivity index (χ4n) is 2.91. The topological polar surface area (TPSA) is 92.6 Å². The van der Waals surface area contributed by atoms with Crippen molar-refractivity contribution < 1.29 is 18.9 Å². The van der Waals surface area contributed by atoms with Crippen LogP contribution in [0, 0.1) is 15.9 Å². The van der Waals surface area contributed by atoms with Crippen LogP contribution in [-0.2, 0) is 21.9 Å². The van der Waals surface area contributed by atoms with Crippen molar-refractivity contribution in [1.29, 1.82) is 0 Å². The van der Waals surface area contributed by atoms with Crippen molar-refractivity contribution in [2.45, 2.75) is 51.6 Å². The highest BCUT2D eigenvalue weighted by Crippen LogP contribution is 2.19. The van der Waals surface area contributed by atoms with E-state index in [4.69, 9.17) is 0 Å². The molecule has 0 heterocycles.